The van der Waals surface area contributed by atoms with Crippen molar-refractivity contribution in [3.8, 4) is 0 Å². The van der Waals surface area contributed by atoms with Gasteiger partial charge < -0.3 is 18.8 Å². The van der Waals surface area contributed by atoms with Crippen molar-refractivity contribution >= 4 is 109 Å². The Hall–Kier alpha value is -0.150. The van der Waals surface area contributed by atoms with Crippen LogP contribution in [0.4, 0.5) is 4.79 Å². The summed E-state index contributed by atoms with van der Waals surface area (Å²) in [6.07, 6.45) is 0.906. The maximum Gasteiger partial charge on any atom is 0.397 e. The Balaban J connectivity index is -0.0000000166. The smallest absolute Gasteiger partial charge is 0.397 e. The molecule has 0 fully saturated rings. The lowest BCUT2D eigenvalue weighted by Crippen LogP contribution is -2.29. The molecule has 0 aliphatic carbocycles. The molecule has 20 heteroatoms. The molecule has 2 N–H and O–H groups in total. The number of carbonyl (C=O) groups is 3. The fraction of sp³-hybridized carbons (Fsp3) is 0.897. The maximum atomic E-state index is 10.4. The lowest BCUT2D eigenvalue weighted by atomic mass is 10.2. The van der Waals surface area contributed by atoms with Gasteiger partial charge in [-0.05, 0) is 67.8 Å². The quantitative estimate of drug-likeness (QED) is 0.0487. The summed E-state index contributed by atoms with van der Waals surface area (Å²) in [5, 5.41) is 10.4. The van der Waals surface area contributed by atoms with Gasteiger partial charge in [0.05, 0.1) is 0 Å². The highest BCUT2D eigenvalue weighted by Crippen LogP contribution is 2.09. The topological polar surface area (TPSA) is 194 Å². The first-order valence-electron chi connectivity index (χ1n) is 12.5. The molecule has 0 spiro atoms. The normalized spacial score (nSPS) is 8.55. The van der Waals surface area contributed by atoms with E-state index in [4.69, 9.17) is 24.8 Å². The van der Waals surface area contributed by atoms with Gasteiger partial charge in [0.15, 0.2) is 0 Å². The van der Waals surface area contributed by atoms with E-state index in [1.165, 1.54) is 13.8 Å². The fourth-order valence-corrected chi connectivity index (χ4v) is 1.18. The van der Waals surface area contributed by atoms with Crippen LogP contribution in [0.1, 0.15) is 147 Å². The van der Waals surface area contributed by atoms with E-state index in [2.05, 4.69) is 19.1 Å². The third-order valence-corrected chi connectivity index (χ3v) is 2.06. The van der Waals surface area contributed by atoms with E-state index in [-0.39, 0.29) is 134 Å². The minimum atomic E-state index is -4.06. The highest BCUT2D eigenvalue weighted by atomic mass is 32.3. The molecule has 49 heavy (non-hydrogen) atoms. The van der Waals surface area contributed by atoms with Gasteiger partial charge >= 0.3 is 18.0 Å². The molecule has 0 aromatic rings. The second-order valence-corrected chi connectivity index (χ2v) is 13.3. The molecule has 0 aliphatic rings. The van der Waals surface area contributed by atoms with Crippen LogP contribution < -0.4 is 0 Å². The molecule has 13 nitrogen and oxygen atoms in total. The van der Waals surface area contributed by atoms with Crippen LogP contribution in [-0.2, 0) is 37.8 Å². The molecule has 0 heterocycles. The molecule has 0 saturated heterocycles. The molecule has 0 bridgehead atoms. The zero-order valence-corrected chi connectivity index (χ0v) is 37.7. The summed E-state index contributed by atoms with van der Waals surface area (Å²) in [4.78, 5) is 33.2. The number of nitrogens with zero attached hydrogens (tertiary/aromatic N) is 3. The number of ether oxygens (including phenoxy) is 3. The Morgan fingerprint density at radius 2 is 0.755 bits per heavy atom. The average Bonchev–Trinajstić information content (AvgIpc) is 2.68. The molecule has 1 amide bonds. The van der Waals surface area contributed by atoms with Crippen LogP contribution in [0, 0.1) is 0 Å². The van der Waals surface area contributed by atoms with Crippen LogP contribution >= 0.6 is 81.0 Å². The minimum absolute atomic E-state index is 0. The zero-order chi connectivity index (χ0) is 33.9. The second-order valence-electron chi connectivity index (χ2n) is 9.81. The monoisotopic (exact) mass is 861 g/mol. The largest absolute Gasteiger partial charge is 0.460 e. The Morgan fingerprint density at radius 3 is 0.816 bits per heavy atom. The van der Waals surface area contributed by atoms with Crippen molar-refractivity contribution in [3.05, 3.63) is 10.4 Å². The molecular formula is C29H87N3O10S7. The molecule has 0 aromatic heterocycles. The van der Waals surface area contributed by atoms with E-state index >= 15 is 0 Å². The van der Waals surface area contributed by atoms with Gasteiger partial charge in [0.25, 0.3) is 0 Å². The first-order chi connectivity index (χ1) is 17.1. The molecule has 0 aromatic carbocycles. The Morgan fingerprint density at radius 1 is 0.592 bits per heavy atom. The molecule has 0 aliphatic heterocycles. The molecule has 320 valence electrons. The lowest BCUT2D eigenvalue weighted by Gasteiger charge is -2.20. The highest BCUT2D eigenvalue weighted by Gasteiger charge is 2.18. The predicted molar refractivity (Wildman–Crippen MR) is 248 cm³/mol. The van der Waals surface area contributed by atoms with E-state index in [1.807, 2.05) is 83.1 Å². The van der Waals surface area contributed by atoms with E-state index in [0.717, 1.165) is 12.5 Å². The molecule has 0 atom stereocenters. The van der Waals surface area contributed by atoms with Gasteiger partial charge in [-0.1, -0.05) is 71.2 Å². The number of hydrogen-bond donors (Lipinski definition) is 2. The van der Waals surface area contributed by atoms with Crippen molar-refractivity contribution in [3.63, 3.8) is 0 Å². The van der Waals surface area contributed by atoms with E-state index in [0.29, 0.717) is 0 Å². The fourth-order valence-electron chi connectivity index (χ4n) is 1.18. The molecule has 0 saturated carbocycles. The average molecular weight is 862 g/mol. The van der Waals surface area contributed by atoms with Crippen molar-refractivity contribution < 1.29 is 46.9 Å². The Labute approximate surface area is 345 Å². The molecule has 0 rings (SSSR count). The highest BCUT2D eigenvalue weighted by molar-refractivity contribution is 8.09. The predicted octanol–water partition coefficient (Wildman–Crippen LogP) is 11.2. The van der Waals surface area contributed by atoms with Crippen molar-refractivity contribution in [1.82, 2.24) is 0 Å². The van der Waals surface area contributed by atoms with E-state index < -0.39 is 21.3 Å². The van der Waals surface area contributed by atoms with Gasteiger partial charge in [-0.3, -0.25) is 9.59 Å². The number of amides is 1. The summed E-state index contributed by atoms with van der Waals surface area (Å²) in [6.45, 7) is 30.9. The zero-order valence-electron chi connectivity index (χ0n) is 30.9. The van der Waals surface area contributed by atoms with Crippen molar-refractivity contribution in [2.24, 2.45) is 5.11 Å². The van der Waals surface area contributed by atoms with Crippen LogP contribution in [0.3, 0.4) is 0 Å². The van der Waals surface area contributed by atoms with Gasteiger partial charge in [0.2, 0.25) is 0 Å². The second kappa shape index (κ2) is 57.2. The summed E-state index contributed by atoms with van der Waals surface area (Å²) in [6, 6.07) is 0. The Bertz CT molecular complexity index is 726. The number of azide groups is 1. The van der Waals surface area contributed by atoms with Crippen LogP contribution in [0.25, 0.3) is 10.4 Å². The summed E-state index contributed by atoms with van der Waals surface area (Å²) in [7, 11) is -4.06. The van der Waals surface area contributed by atoms with Crippen molar-refractivity contribution in [2.75, 3.05) is 12.5 Å². The number of esters is 2. The number of rotatable bonds is 1. The molecule has 0 radical (unpaired) electrons. The van der Waals surface area contributed by atoms with Crippen molar-refractivity contribution in [1.29, 1.82) is 0 Å². The first-order valence-corrected chi connectivity index (χ1v) is 15.1. The third-order valence-electron chi connectivity index (χ3n) is 1.63. The minimum Gasteiger partial charge on any atom is -0.460 e. The van der Waals surface area contributed by atoms with E-state index in [1.54, 1.807) is 20.8 Å². The van der Waals surface area contributed by atoms with Crippen LogP contribution in [-0.4, -0.2) is 61.4 Å². The van der Waals surface area contributed by atoms with Crippen LogP contribution in [0.2, 0.25) is 0 Å². The van der Waals surface area contributed by atoms with Crippen LogP contribution in [0.15, 0.2) is 5.11 Å². The lowest BCUT2D eigenvalue weighted by molar-refractivity contribution is -0.153. The van der Waals surface area contributed by atoms with E-state index in [9.17, 15) is 18.6 Å². The third kappa shape index (κ3) is 211. The van der Waals surface area contributed by atoms with Gasteiger partial charge in [-0.2, -0.15) is 81.0 Å². The standard InChI is InChI=1S/2C6H12O2.C5H9N3O2.C2H8O4S.3C2H6.4CH4.6H2S/c2*1-5(7)8-6(2,3)4;1-5(2,3)10-4(9)7-8-6;1-7(2,4,5)6-3;3*1-2;;;;;;;;;;/h2*1-4H3;1-3H3;3H,1-2H3,(H,4,5);3*1-2H3;4*1H4;6*1H2. The summed E-state index contributed by atoms with van der Waals surface area (Å²) in [5.41, 5.74) is 6.54. The molecular weight excluding hydrogens is 775 g/mol. The first kappa shape index (κ1) is 110. The summed E-state index contributed by atoms with van der Waals surface area (Å²) in [5.74, 6) is -0.449. The molecule has 0 unspecified atom stereocenters. The van der Waals surface area contributed by atoms with Crippen molar-refractivity contribution in [2.45, 2.75) is 164 Å². The summed E-state index contributed by atoms with van der Waals surface area (Å²) < 4.78 is 36.1. The number of carbonyl (C=O) groups excluding carboxylic acids is 3. The maximum absolute atomic E-state index is 10.4. The van der Waals surface area contributed by atoms with Gasteiger partial charge in [0.1, 0.15) is 26.4 Å². The number of hydrogen-bond acceptors (Lipinski definition) is 9. The Kier molecular flexibility index (Phi) is 129. The van der Waals surface area contributed by atoms with Gasteiger partial charge in [-0.25, -0.2) is 14.3 Å². The van der Waals surface area contributed by atoms with Crippen LogP contribution in [0.5, 0.6) is 0 Å². The summed E-state index contributed by atoms with van der Waals surface area (Å²) >= 11 is 0. The van der Waals surface area contributed by atoms with Gasteiger partial charge in [0, 0.05) is 36.4 Å². The SMILES string of the molecule is C.C.C.C.CC.CC.CC.CC(=O)OC(C)(C)C.CC(=O)OC(C)(C)C.CC(C)(C)OC(=O)N=[N+]=[N-].CS(C)(=O)(O)OO.S.S.S.S.S.S. The van der Waals surface area contributed by atoms with Gasteiger partial charge in [-0.15, -0.1) is 4.33 Å².